The Labute approximate surface area is 101 Å². The first-order valence-corrected chi connectivity index (χ1v) is 6.38. The zero-order chi connectivity index (χ0) is 12.4. The van der Waals surface area contributed by atoms with E-state index >= 15 is 0 Å². The van der Waals surface area contributed by atoms with E-state index in [9.17, 15) is 9.59 Å². The van der Waals surface area contributed by atoms with Gasteiger partial charge in [0.05, 0.1) is 6.04 Å². The molecule has 0 spiro atoms. The molecule has 2 heterocycles. The zero-order valence-electron chi connectivity index (χ0n) is 10.2. The molecule has 3 atom stereocenters. The molecule has 2 saturated heterocycles. The lowest BCUT2D eigenvalue weighted by molar-refractivity contribution is -0.153. The molecule has 2 rings (SSSR count). The Kier molecular flexibility index (Phi) is 3.66. The predicted molar refractivity (Wildman–Crippen MR) is 62.6 cm³/mol. The van der Waals surface area contributed by atoms with Crippen LogP contribution < -0.4 is 5.32 Å². The van der Waals surface area contributed by atoms with Gasteiger partial charge < -0.3 is 15.3 Å². The number of likely N-dealkylation sites (tertiary alicyclic amines) is 1. The smallest absolute Gasteiger partial charge is 0.326 e. The minimum absolute atomic E-state index is 0.0258. The van der Waals surface area contributed by atoms with E-state index in [-0.39, 0.29) is 11.9 Å². The standard InChI is InChI=1S/C12H20N2O3/c1-8-5-6-13-10(8)11(15)14-7-3-2-4-9(14)12(16)17/h8-10,13H,2-7H2,1H3,(H,16,17)/t8?,9-,10?/m1/s1. The summed E-state index contributed by atoms with van der Waals surface area (Å²) in [6.07, 6.45) is 3.38. The first kappa shape index (κ1) is 12.4. The first-order chi connectivity index (χ1) is 8.11. The number of carboxylic acids is 1. The van der Waals surface area contributed by atoms with Crippen LogP contribution in [0, 0.1) is 5.92 Å². The summed E-state index contributed by atoms with van der Waals surface area (Å²) >= 11 is 0. The van der Waals surface area contributed by atoms with Crippen molar-refractivity contribution in [3.05, 3.63) is 0 Å². The summed E-state index contributed by atoms with van der Waals surface area (Å²) in [5.41, 5.74) is 0. The second-order valence-electron chi connectivity index (χ2n) is 5.08. The highest BCUT2D eigenvalue weighted by molar-refractivity contribution is 5.87. The van der Waals surface area contributed by atoms with Crippen LogP contribution >= 0.6 is 0 Å². The summed E-state index contributed by atoms with van der Waals surface area (Å²) < 4.78 is 0. The van der Waals surface area contributed by atoms with Crippen LogP contribution in [0.4, 0.5) is 0 Å². The first-order valence-electron chi connectivity index (χ1n) is 6.38. The highest BCUT2D eigenvalue weighted by atomic mass is 16.4. The number of carboxylic acid groups (broad SMARTS) is 1. The third-order valence-corrected chi connectivity index (χ3v) is 3.87. The lowest BCUT2D eigenvalue weighted by Crippen LogP contribution is -2.54. The maximum atomic E-state index is 12.3. The molecule has 2 N–H and O–H groups in total. The molecule has 17 heavy (non-hydrogen) atoms. The summed E-state index contributed by atoms with van der Waals surface area (Å²) in [7, 11) is 0. The molecule has 5 heteroatoms. The quantitative estimate of drug-likeness (QED) is 0.735. The number of piperidine rings is 1. The molecule has 0 bridgehead atoms. The minimum atomic E-state index is -0.872. The largest absolute Gasteiger partial charge is 0.480 e. The molecule has 0 aromatic carbocycles. The van der Waals surface area contributed by atoms with Gasteiger partial charge in [-0.15, -0.1) is 0 Å². The fraction of sp³-hybridized carbons (Fsp3) is 0.833. The summed E-state index contributed by atoms with van der Waals surface area (Å²) in [6, 6.07) is -0.805. The molecule has 0 radical (unpaired) electrons. The van der Waals surface area contributed by atoms with E-state index in [1.165, 1.54) is 0 Å². The Balaban J connectivity index is 2.08. The van der Waals surface area contributed by atoms with Crippen LogP contribution in [0.3, 0.4) is 0 Å². The van der Waals surface area contributed by atoms with E-state index in [1.54, 1.807) is 4.90 Å². The van der Waals surface area contributed by atoms with Gasteiger partial charge in [-0.2, -0.15) is 0 Å². The number of aliphatic carboxylic acids is 1. The van der Waals surface area contributed by atoms with Crippen LogP contribution in [0.15, 0.2) is 0 Å². The predicted octanol–water partition coefficient (Wildman–Crippen LogP) is 0.450. The molecular weight excluding hydrogens is 220 g/mol. The van der Waals surface area contributed by atoms with E-state index in [1.807, 2.05) is 6.92 Å². The Hall–Kier alpha value is -1.10. The maximum Gasteiger partial charge on any atom is 0.326 e. The highest BCUT2D eigenvalue weighted by Crippen LogP contribution is 2.22. The third-order valence-electron chi connectivity index (χ3n) is 3.87. The minimum Gasteiger partial charge on any atom is -0.480 e. The van der Waals surface area contributed by atoms with E-state index in [4.69, 9.17) is 5.11 Å². The Morgan fingerprint density at radius 3 is 2.65 bits per heavy atom. The molecule has 5 nitrogen and oxygen atoms in total. The summed E-state index contributed by atoms with van der Waals surface area (Å²) in [4.78, 5) is 25.0. The van der Waals surface area contributed by atoms with Crippen LogP contribution in [0.1, 0.15) is 32.6 Å². The van der Waals surface area contributed by atoms with Gasteiger partial charge in [-0.25, -0.2) is 4.79 Å². The van der Waals surface area contributed by atoms with Crippen LogP contribution in [0.2, 0.25) is 0 Å². The monoisotopic (exact) mass is 240 g/mol. The number of amides is 1. The molecule has 2 aliphatic rings. The summed E-state index contributed by atoms with van der Waals surface area (Å²) in [5.74, 6) is -0.593. The number of rotatable bonds is 2. The van der Waals surface area contributed by atoms with E-state index in [0.717, 1.165) is 25.8 Å². The van der Waals surface area contributed by atoms with Crippen molar-refractivity contribution in [3.8, 4) is 0 Å². The van der Waals surface area contributed by atoms with E-state index in [2.05, 4.69) is 5.32 Å². The molecular formula is C12H20N2O3. The second-order valence-corrected chi connectivity index (χ2v) is 5.08. The van der Waals surface area contributed by atoms with E-state index < -0.39 is 12.0 Å². The van der Waals surface area contributed by atoms with Crippen LogP contribution in [0.25, 0.3) is 0 Å². The Bertz CT molecular complexity index is 319. The number of nitrogens with zero attached hydrogens (tertiary/aromatic N) is 1. The van der Waals surface area contributed by atoms with Crippen molar-refractivity contribution in [3.63, 3.8) is 0 Å². The summed E-state index contributed by atoms with van der Waals surface area (Å²) in [5, 5.41) is 12.3. The van der Waals surface area contributed by atoms with Gasteiger partial charge in [-0.05, 0) is 38.1 Å². The van der Waals surface area contributed by atoms with E-state index in [0.29, 0.717) is 18.9 Å². The van der Waals surface area contributed by atoms with Gasteiger partial charge in [0.15, 0.2) is 0 Å². The van der Waals surface area contributed by atoms with Crippen molar-refractivity contribution < 1.29 is 14.7 Å². The second kappa shape index (κ2) is 5.04. The zero-order valence-corrected chi connectivity index (χ0v) is 10.2. The Morgan fingerprint density at radius 1 is 1.29 bits per heavy atom. The third kappa shape index (κ3) is 2.44. The van der Waals surface area contributed by atoms with Crippen molar-refractivity contribution in [2.45, 2.75) is 44.7 Å². The number of hydrogen-bond acceptors (Lipinski definition) is 3. The van der Waals surface area contributed by atoms with Crippen molar-refractivity contribution in [1.82, 2.24) is 10.2 Å². The topological polar surface area (TPSA) is 69.6 Å². The average molecular weight is 240 g/mol. The summed E-state index contributed by atoms with van der Waals surface area (Å²) in [6.45, 7) is 3.48. The van der Waals surface area contributed by atoms with Crippen molar-refractivity contribution in [2.75, 3.05) is 13.1 Å². The number of hydrogen-bond donors (Lipinski definition) is 2. The number of carbonyl (C=O) groups is 2. The fourth-order valence-electron chi connectivity index (χ4n) is 2.80. The van der Waals surface area contributed by atoms with Crippen LogP contribution in [-0.2, 0) is 9.59 Å². The Morgan fingerprint density at radius 2 is 2.06 bits per heavy atom. The van der Waals surface area contributed by atoms with Gasteiger partial charge in [0.25, 0.3) is 0 Å². The van der Waals surface area contributed by atoms with Gasteiger partial charge in [0, 0.05) is 6.54 Å². The average Bonchev–Trinajstić information content (AvgIpc) is 2.74. The van der Waals surface area contributed by atoms with Crippen molar-refractivity contribution in [1.29, 1.82) is 0 Å². The van der Waals surface area contributed by atoms with Gasteiger partial charge in [0.1, 0.15) is 6.04 Å². The van der Waals surface area contributed by atoms with Crippen LogP contribution in [0.5, 0.6) is 0 Å². The molecule has 2 unspecified atom stereocenters. The van der Waals surface area contributed by atoms with Gasteiger partial charge in [0.2, 0.25) is 5.91 Å². The lowest BCUT2D eigenvalue weighted by atomic mass is 9.97. The SMILES string of the molecule is CC1CCNC1C(=O)N1CCCC[C@@H]1C(=O)O. The molecule has 2 fully saturated rings. The molecule has 0 aromatic rings. The molecule has 0 saturated carbocycles. The lowest BCUT2D eigenvalue weighted by Gasteiger charge is -2.35. The van der Waals surface area contributed by atoms with Crippen LogP contribution in [-0.4, -0.2) is 47.1 Å². The molecule has 96 valence electrons. The maximum absolute atomic E-state index is 12.3. The molecule has 0 aliphatic carbocycles. The van der Waals surface area contributed by atoms with Gasteiger partial charge >= 0.3 is 5.97 Å². The normalized spacial score (nSPS) is 33.7. The van der Waals surface area contributed by atoms with Crippen molar-refractivity contribution >= 4 is 11.9 Å². The fourth-order valence-corrected chi connectivity index (χ4v) is 2.80. The molecule has 0 aromatic heterocycles. The van der Waals surface area contributed by atoms with Gasteiger partial charge in [-0.1, -0.05) is 6.92 Å². The van der Waals surface area contributed by atoms with Crippen molar-refractivity contribution in [2.24, 2.45) is 5.92 Å². The highest BCUT2D eigenvalue weighted by Gasteiger charge is 2.38. The number of carbonyl (C=O) groups excluding carboxylic acids is 1. The molecule has 2 aliphatic heterocycles. The number of nitrogens with one attached hydrogen (secondary N) is 1. The molecule has 1 amide bonds. The van der Waals surface area contributed by atoms with Gasteiger partial charge in [-0.3, -0.25) is 4.79 Å².